The maximum atomic E-state index is 12.8. The van der Waals surface area contributed by atoms with Crippen molar-refractivity contribution in [3.63, 3.8) is 0 Å². The van der Waals surface area contributed by atoms with Gasteiger partial charge in [-0.2, -0.15) is 0 Å². The van der Waals surface area contributed by atoms with Gasteiger partial charge in [0.25, 0.3) is 0 Å². The van der Waals surface area contributed by atoms with Crippen LogP contribution < -0.4 is 10.1 Å². The van der Waals surface area contributed by atoms with Crippen molar-refractivity contribution < 1.29 is 9.13 Å². The van der Waals surface area contributed by atoms with E-state index in [4.69, 9.17) is 4.74 Å². The van der Waals surface area contributed by atoms with E-state index in [1.165, 1.54) is 38.3 Å². The molecule has 0 saturated carbocycles. The van der Waals surface area contributed by atoms with Gasteiger partial charge < -0.3 is 10.1 Å². The van der Waals surface area contributed by atoms with Gasteiger partial charge in [0.2, 0.25) is 0 Å². The summed E-state index contributed by atoms with van der Waals surface area (Å²) in [5.74, 6) is 0.528. The SMILES string of the molecule is Fc1ccc(OCCCN2CC(N3CCNCC3)C2)cc1. The molecule has 2 heterocycles. The van der Waals surface area contributed by atoms with Crippen molar-refractivity contribution >= 4 is 0 Å². The number of likely N-dealkylation sites (tertiary alicyclic amines) is 1. The Balaban J connectivity index is 1.26. The molecule has 4 nitrogen and oxygen atoms in total. The van der Waals surface area contributed by atoms with Crippen molar-refractivity contribution in [1.29, 1.82) is 0 Å². The summed E-state index contributed by atoms with van der Waals surface area (Å²) in [5, 5.41) is 3.39. The van der Waals surface area contributed by atoms with Crippen LogP contribution in [0, 0.1) is 5.82 Å². The van der Waals surface area contributed by atoms with Crippen LogP contribution in [0.3, 0.4) is 0 Å². The normalized spacial score (nSPS) is 21.2. The second kappa shape index (κ2) is 7.20. The Bertz CT molecular complexity index is 428. The highest BCUT2D eigenvalue weighted by atomic mass is 19.1. The molecule has 1 aromatic rings. The largest absolute Gasteiger partial charge is 0.494 e. The number of nitrogens with one attached hydrogen (secondary N) is 1. The van der Waals surface area contributed by atoms with Crippen LogP contribution in [0.2, 0.25) is 0 Å². The van der Waals surface area contributed by atoms with Gasteiger partial charge in [-0.05, 0) is 30.7 Å². The van der Waals surface area contributed by atoms with Gasteiger partial charge in [-0.3, -0.25) is 9.80 Å². The molecule has 0 amide bonds. The molecule has 0 atom stereocenters. The van der Waals surface area contributed by atoms with Gasteiger partial charge in [0.05, 0.1) is 6.61 Å². The third-order valence-corrected chi connectivity index (χ3v) is 4.31. The zero-order chi connectivity index (χ0) is 14.5. The Kier molecular flexibility index (Phi) is 5.06. The molecule has 0 aromatic heterocycles. The Morgan fingerprint density at radius 3 is 2.57 bits per heavy atom. The molecular weight excluding hydrogens is 269 g/mol. The molecule has 21 heavy (non-hydrogen) atoms. The van der Waals surface area contributed by atoms with Gasteiger partial charge >= 0.3 is 0 Å². The summed E-state index contributed by atoms with van der Waals surface area (Å²) in [6.07, 6.45) is 1.02. The van der Waals surface area contributed by atoms with Crippen LogP contribution in [0.25, 0.3) is 0 Å². The Hall–Kier alpha value is -1.17. The summed E-state index contributed by atoms with van der Waals surface area (Å²) in [6, 6.07) is 6.98. The molecule has 0 unspecified atom stereocenters. The smallest absolute Gasteiger partial charge is 0.123 e. The van der Waals surface area contributed by atoms with E-state index in [2.05, 4.69) is 15.1 Å². The van der Waals surface area contributed by atoms with E-state index in [1.54, 1.807) is 12.1 Å². The Labute approximate surface area is 125 Å². The quantitative estimate of drug-likeness (QED) is 0.797. The second-order valence-corrected chi connectivity index (χ2v) is 5.86. The molecule has 1 aromatic carbocycles. The van der Waals surface area contributed by atoms with Crippen LogP contribution in [0.4, 0.5) is 4.39 Å². The second-order valence-electron chi connectivity index (χ2n) is 5.86. The summed E-state index contributed by atoms with van der Waals surface area (Å²) in [4.78, 5) is 5.09. The number of hydrogen-bond donors (Lipinski definition) is 1. The van der Waals surface area contributed by atoms with Crippen LogP contribution in [-0.2, 0) is 0 Å². The molecule has 1 N–H and O–H groups in total. The first kappa shape index (κ1) is 14.8. The fourth-order valence-electron chi connectivity index (χ4n) is 3.01. The van der Waals surface area contributed by atoms with Crippen LogP contribution in [0.15, 0.2) is 24.3 Å². The molecule has 116 valence electrons. The molecule has 2 aliphatic heterocycles. The third-order valence-electron chi connectivity index (χ3n) is 4.31. The summed E-state index contributed by atoms with van der Waals surface area (Å²) in [6.45, 7) is 8.79. The summed E-state index contributed by atoms with van der Waals surface area (Å²) < 4.78 is 18.4. The van der Waals surface area contributed by atoms with Crippen LogP contribution in [0.1, 0.15) is 6.42 Å². The highest BCUT2D eigenvalue weighted by Crippen LogP contribution is 2.16. The number of rotatable bonds is 6. The lowest BCUT2D eigenvalue weighted by molar-refractivity contribution is 0.0248. The maximum absolute atomic E-state index is 12.8. The zero-order valence-electron chi connectivity index (χ0n) is 12.4. The lowest BCUT2D eigenvalue weighted by atomic mass is 10.1. The van der Waals surface area contributed by atoms with Crippen molar-refractivity contribution in [3.05, 3.63) is 30.1 Å². The highest BCUT2D eigenvalue weighted by molar-refractivity contribution is 5.21. The van der Waals surface area contributed by atoms with Crippen molar-refractivity contribution in [2.24, 2.45) is 0 Å². The first-order valence-electron chi connectivity index (χ1n) is 7.87. The standard InChI is InChI=1S/C16H24FN3O/c17-14-2-4-16(5-3-14)21-11-1-8-19-12-15(13-19)20-9-6-18-7-10-20/h2-5,15,18H,1,6-13H2. The van der Waals surface area contributed by atoms with E-state index in [9.17, 15) is 4.39 Å². The molecule has 3 rings (SSSR count). The van der Waals surface area contributed by atoms with Crippen molar-refractivity contribution in [2.75, 3.05) is 52.4 Å². The lowest BCUT2D eigenvalue weighted by Gasteiger charge is -2.46. The zero-order valence-corrected chi connectivity index (χ0v) is 12.4. The first-order valence-corrected chi connectivity index (χ1v) is 7.87. The average Bonchev–Trinajstić information content (AvgIpc) is 2.48. The minimum absolute atomic E-state index is 0.220. The van der Waals surface area contributed by atoms with Gasteiger partial charge in [-0.1, -0.05) is 0 Å². The van der Waals surface area contributed by atoms with E-state index in [-0.39, 0.29) is 5.82 Å². The van der Waals surface area contributed by atoms with Gasteiger partial charge in [0.15, 0.2) is 0 Å². The van der Waals surface area contributed by atoms with E-state index < -0.39 is 0 Å². The topological polar surface area (TPSA) is 27.7 Å². The molecule has 0 aliphatic carbocycles. The highest BCUT2D eigenvalue weighted by Gasteiger charge is 2.31. The number of nitrogens with zero attached hydrogens (tertiary/aromatic N) is 2. The van der Waals surface area contributed by atoms with Crippen LogP contribution in [0.5, 0.6) is 5.75 Å². The van der Waals surface area contributed by atoms with Gasteiger partial charge in [0, 0.05) is 51.9 Å². The summed E-state index contributed by atoms with van der Waals surface area (Å²) in [5.41, 5.74) is 0. The fourth-order valence-corrected chi connectivity index (χ4v) is 3.01. The van der Waals surface area contributed by atoms with Gasteiger partial charge in [0.1, 0.15) is 11.6 Å². The van der Waals surface area contributed by atoms with Crippen molar-refractivity contribution in [2.45, 2.75) is 12.5 Å². The van der Waals surface area contributed by atoms with Gasteiger partial charge in [-0.15, -0.1) is 0 Å². The number of benzene rings is 1. The predicted molar refractivity (Wildman–Crippen MR) is 81.2 cm³/mol. The van der Waals surface area contributed by atoms with Gasteiger partial charge in [-0.25, -0.2) is 4.39 Å². The predicted octanol–water partition coefficient (Wildman–Crippen LogP) is 1.18. The van der Waals surface area contributed by atoms with E-state index in [1.807, 2.05) is 0 Å². The van der Waals surface area contributed by atoms with Crippen LogP contribution >= 0.6 is 0 Å². The minimum Gasteiger partial charge on any atom is -0.494 e. The monoisotopic (exact) mass is 293 g/mol. The Morgan fingerprint density at radius 1 is 1.14 bits per heavy atom. The molecule has 2 fully saturated rings. The van der Waals surface area contributed by atoms with Crippen molar-refractivity contribution in [3.8, 4) is 5.75 Å². The van der Waals surface area contributed by atoms with Crippen LogP contribution in [-0.4, -0.2) is 68.3 Å². The molecule has 0 radical (unpaired) electrons. The molecule has 2 saturated heterocycles. The minimum atomic E-state index is -0.220. The molecule has 2 aliphatic rings. The lowest BCUT2D eigenvalue weighted by Crippen LogP contribution is -2.62. The number of hydrogen-bond acceptors (Lipinski definition) is 4. The fraction of sp³-hybridized carbons (Fsp3) is 0.625. The number of piperazine rings is 1. The number of halogens is 1. The molecule has 5 heteroatoms. The average molecular weight is 293 g/mol. The Morgan fingerprint density at radius 2 is 1.86 bits per heavy atom. The van der Waals surface area contributed by atoms with E-state index in [0.29, 0.717) is 6.61 Å². The third kappa shape index (κ3) is 4.15. The van der Waals surface area contributed by atoms with E-state index in [0.717, 1.165) is 37.8 Å². The summed E-state index contributed by atoms with van der Waals surface area (Å²) >= 11 is 0. The van der Waals surface area contributed by atoms with Crippen molar-refractivity contribution in [1.82, 2.24) is 15.1 Å². The number of ether oxygens (including phenoxy) is 1. The molecular formula is C16H24FN3O. The maximum Gasteiger partial charge on any atom is 0.123 e. The first-order chi connectivity index (χ1) is 10.3. The molecule has 0 bridgehead atoms. The molecule has 0 spiro atoms. The summed E-state index contributed by atoms with van der Waals surface area (Å²) in [7, 11) is 0. The van der Waals surface area contributed by atoms with E-state index >= 15 is 0 Å².